The third-order valence-electron chi connectivity index (χ3n) is 7.10. The third-order valence-corrected chi connectivity index (χ3v) is 7.10. The van der Waals surface area contributed by atoms with Crippen LogP contribution in [0.3, 0.4) is 0 Å². The van der Waals surface area contributed by atoms with Crippen LogP contribution in [0.15, 0.2) is 133 Å². The van der Waals surface area contributed by atoms with E-state index in [1.807, 2.05) is 6.07 Å². The highest BCUT2D eigenvalue weighted by Crippen LogP contribution is 2.37. The Morgan fingerprint density at radius 2 is 1.24 bits per heavy atom. The van der Waals surface area contributed by atoms with E-state index in [9.17, 15) is 0 Å². The van der Waals surface area contributed by atoms with Crippen LogP contribution in [0.5, 0.6) is 5.75 Å². The lowest BCUT2D eigenvalue weighted by Gasteiger charge is -2.27. The number of methoxy groups -OCH3 is 1. The van der Waals surface area contributed by atoms with Crippen LogP contribution < -0.4 is 9.64 Å². The molecule has 0 bridgehead atoms. The van der Waals surface area contributed by atoms with E-state index < -0.39 is 0 Å². The molecule has 5 aromatic carbocycles. The summed E-state index contributed by atoms with van der Waals surface area (Å²) < 4.78 is 5.46. The van der Waals surface area contributed by atoms with Gasteiger partial charge in [-0.05, 0) is 89.5 Å². The molecule has 1 unspecified atom stereocenters. The van der Waals surface area contributed by atoms with Gasteiger partial charge in [-0.25, -0.2) is 0 Å². The minimum absolute atomic E-state index is 0.465. The molecule has 2 heteroatoms. The standard InChI is InChI=1S/C36H35NO/c1-3-12-31(25-28-13-10-20-36(26-28)38-2)30-21-23-34(24-22-30)37(33-17-8-5-9-18-33)35-19-11-16-32(27-35)29-14-6-4-7-15-29/h4-11,13-24,26-27,31H,3,12,25H2,1-2H3. The summed E-state index contributed by atoms with van der Waals surface area (Å²) in [6.45, 7) is 2.27. The first-order valence-electron chi connectivity index (χ1n) is 13.5. The zero-order chi connectivity index (χ0) is 26.2. The molecule has 0 aliphatic rings. The summed E-state index contributed by atoms with van der Waals surface area (Å²) in [6, 6.07) is 47.6. The second-order valence-corrected chi connectivity index (χ2v) is 9.72. The molecule has 0 radical (unpaired) electrons. The van der Waals surface area contributed by atoms with Gasteiger partial charge in [-0.1, -0.05) is 98.3 Å². The summed E-state index contributed by atoms with van der Waals surface area (Å²) in [5.74, 6) is 1.39. The number of rotatable bonds is 10. The second kappa shape index (κ2) is 12.3. The van der Waals surface area contributed by atoms with Crippen molar-refractivity contribution in [3.05, 3.63) is 145 Å². The van der Waals surface area contributed by atoms with Gasteiger partial charge >= 0.3 is 0 Å². The van der Waals surface area contributed by atoms with Gasteiger partial charge in [0.25, 0.3) is 0 Å². The van der Waals surface area contributed by atoms with Crippen LogP contribution in [0.25, 0.3) is 11.1 Å². The number of hydrogen-bond acceptors (Lipinski definition) is 2. The number of anilines is 3. The minimum Gasteiger partial charge on any atom is -0.497 e. The quantitative estimate of drug-likeness (QED) is 0.190. The molecule has 0 saturated heterocycles. The Labute approximate surface area is 227 Å². The van der Waals surface area contributed by atoms with Crippen LogP contribution in [0.2, 0.25) is 0 Å². The van der Waals surface area contributed by atoms with E-state index >= 15 is 0 Å². The summed E-state index contributed by atoms with van der Waals surface area (Å²) in [6.07, 6.45) is 3.31. The van der Waals surface area contributed by atoms with E-state index in [-0.39, 0.29) is 0 Å². The Kier molecular flexibility index (Phi) is 8.20. The average Bonchev–Trinajstić information content (AvgIpc) is 2.99. The van der Waals surface area contributed by atoms with Crippen LogP contribution in [0.1, 0.15) is 36.8 Å². The van der Waals surface area contributed by atoms with Gasteiger partial charge in [-0.3, -0.25) is 0 Å². The number of para-hydroxylation sites is 1. The molecule has 0 N–H and O–H groups in total. The van der Waals surface area contributed by atoms with Gasteiger partial charge in [-0.15, -0.1) is 0 Å². The van der Waals surface area contributed by atoms with Crippen LogP contribution in [0, 0.1) is 0 Å². The van der Waals surface area contributed by atoms with Crippen LogP contribution in [-0.4, -0.2) is 7.11 Å². The van der Waals surface area contributed by atoms with Gasteiger partial charge < -0.3 is 9.64 Å². The molecule has 0 saturated carbocycles. The zero-order valence-corrected chi connectivity index (χ0v) is 22.3. The highest BCUT2D eigenvalue weighted by molar-refractivity contribution is 5.79. The highest BCUT2D eigenvalue weighted by Gasteiger charge is 2.16. The molecule has 0 heterocycles. The number of benzene rings is 5. The SMILES string of the molecule is CCCC(Cc1cccc(OC)c1)c1ccc(N(c2ccccc2)c2cccc(-c3ccccc3)c2)cc1. The van der Waals surface area contributed by atoms with Crippen molar-refractivity contribution in [2.24, 2.45) is 0 Å². The van der Waals surface area contributed by atoms with Crippen molar-refractivity contribution in [3.8, 4) is 16.9 Å². The molecule has 1 atom stereocenters. The van der Waals surface area contributed by atoms with Crippen molar-refractivity contribution in [1.82, 2.24) is 0 Å². The zero-order valence-electron chi connectivity index (χ0n) is 22.3. The lowest BCUT2D eigenvalue weighted by molar-refractivity contribution is 0.414. The molecule has 0 aliphatic heterocycles. The van der Waals surface area contributed by atoms with E-state index in [1.165, 1.54) is 22.3 Å². The molecule has 0 spiro atoms. The van der Waals surface area contributed by atoms with Crippen molar-refractivity contribution in [2.75, 3.05) is 12.0 Å². The first kappa shape index (κ1) is 25.4. The summed E-state index contributed by atoms with van der Waals surface area (Å²) in [5, 5.41) is 0. The fourth-order valence-corrected chi connectivity index (χ4v) is 5.19. The van der Waals surface area contributed by atoms with Crippen molar-refractivity contribution < 1.29 is 4.74 Å². The van der Waals surface area contributed by atoms with Crippen molar-refractivity contribution in [3.63, 3.8) is 0 Å². The molecule has 0 aliphatic carbocycles. The fourth-order valence-electron chi connectivity index (χ4n) is 5.19. The molecule has 190 valence electrons. The normalized spacial score (nSPS) is 11.6. The highest BCUT2D eigenvalue weighted by atomic mass is 16.5. The fraction of sp³-hybridized carbons (Fsp3) is 0.167. The first-order valence-corrected chi connectivity index (χ1v) is 13.5. The smallest absolute Gasteiger partial charge is 0.119 e. The molecule has 5 rings (SSSR count). The number of ether oxygens (including phenoxy) is 1. The maximum Gasteiger partial charge on any atom is 0.119 e. The van der Waals surface area contributed by atoms with Crippen LogP contribution >= 0.6 is 0 Å². The van der Waals surface area contributed by atoms with E-state index in [0.717, 1.165) is 42.1 Å². The summed E-state index contributed by atoms with van der Waals surface area (Å²) >= 11 is 0. The molecular weight excluding hydrogens is 462 g/mol. The Morgan fingerprint density at radius 3 is 1.95 bits per heavy atom. The van der Waals surface area contributed by atoms with Gasteiger partial charge in [0.1, 0.15) is 5.75 Å². The van der Waals surface area contributed by atoms with Gasteiger partial charge in [0.05, 0.1) is 7.11 Å². The monoisotopic (exact) mass is 497 g/mol. The Bertz CT molecular complexity index is 1430. The van der Waals surface area contributed by atoms with Crippen molar-refractivity contribution in [1.29, 1.82) is 0 Å². The third kappa shape index (κ3) is 5.98. The van der Waals surface area contributed by atoms with Gasteiger partial charge in [0, 0.05) is 17.1 Å². The van der Waals surface area contributed by atoms with Crippen molar-refractivity contribution in [2.45, 2.75) is 32.1 Å². The number of hydrogen-bond donors (Lipinski definition) is 0. The molecule has 5 aromatic rings. The first-order chi connectivity index (χ1) is 18.7. The summed E-state index contributed by atoms with van der Waals surface area (Å²) in [5.41, 5.74) is 8.57. The molecule has 0 aromatic heterocycles. The minimum atomic E-state index is 0.465. The lowest BCUT2D eigenvalue weighted by Crippen LogP contribution is -2.10. The van der Waals surface area contributed by atoms with Crippen LogP contribution in [-0.2, 0) is 6.42 Å². The predicted molar refractivity (Wildman–Crippen MR) is 161 cm³/mol. The van der Waals surface area contributed by atoms with Crippen molar-refractivity contribution >= 4 is 17.1 Å². The largest absolute Gasteiger partial charge is 0.497 e. The van der Waals surface area contributed by atoms with Gasteiger partial charge in [-0.2, -0.15) is 0 Å². The van der Waals surface area contributed by atoms with E-state index in [4.69, 9.17) is 4.74 Å². The maximum atomic E-state index is 5.46. The van der Waals surface area contributed by atoms with E-state index in [0.29, 0.717) is 5.92 Å². The topological polar surface area (TPSA) is 12.5 Å². The predicted octanol–water partition coefficient (Wildman–Crippen LogP) is 9.96. The average molecular weight is 498 g/mol. The lowest BCUT2D eigenvalue weighted by atomic mass is 9.88. The molecule has 0 fully saturated rings. The Balaban J connectivity index is 1.48. The Hall–Kier alpha value is -4.30. The van der Waals surface area contributed by atoms with Crippen LogP contribution in [0.4, 0.5) is 17.1 Å². The molecule has 2 nitrogen and oxygen atoms in total. The Morgan fingerprint density at radius 1 is 0.605 bits per heavy atom. The maximum absolute atomic E-state index is 5.46. The van der Waals surface area contributed by atoms with E-state index in [1.54, 1.807) is 7.11 Å². The summed E-state index contributed by atoms with van der Waals surface area (Å²) in [7, 11) is 1.73. The summed E-state index contributed by atoms with van der Waals surface area (Å²) in [4.78, 5) is 2.34. The number of nitrogens with zero attached hydrogens (tertiary/aromatic N) is 1. The molecule has 0 amide bonds. The van der Waals surface area contributed by atoms with Gasteiger partial charge in [0.15, 0.2) is 0 Å². The molecular formula is C36H35NO. The second-order valence-electron chi connectivity index (χ2n) is 9.72. The van der Waals surface area contributed by atoms with Gasteiger partial charge in [0.2, 0.25) is 0 Å². The molecule has 38 heavy (non-hydrogen) atoms. The van der Waals surface area contributed by atoms with E-state index in [2.05, 4.69) is 139 Å².